The standard InChI is InChI=1S/C16H16O3/c1-4-6-11-10-15(17)19-16-12(11)8-9-14(18-3)13(16)7-5-2/h4-6,8-10H,2,7H2,1,3H3/b6-4+. The molecule has 0 saturated carbocycles. The third-order valence-corrected chi connectivity index (χ3v) is 2.92. The van der Waals surface area contributed by atoms with Gasteiger partial charge in [-0.1, -0.05) is 18.2 Å². The Balaban J connectivity index is 2.87. The first-order chi connectivity index (χ1) is 9.21. The highest BCUT2D eigenvalue weighted by atomic mass is 16.5. The highest BCUT2D eigenvalue weighted by molar-refractivity contribution is 5.89. The molecule has 0 radical (unpaired) electrons. The summed E-state index contributed by atoms with van der Waals surface area (Å²) in [6.07, 6.45) is 6.14. The van der Waals surface area contributed by atoms with Crippen LogP contribution < -0.4 is 10.4 Å². The van der Waals surface area contributed by atoms with E-state index >= 15 is 0 Å². The minimum Gasteiger partial charge on any atom is -0.496 e. The summed E-state index contributed by atoms with van der Waals surface area (Å²) in [4.78, 5) is 11.7. The molecule has 0 unspecified atom stereocenters. The largest absolute Gasteiger partial charge is 0.496 e. The van der Waals surface area contributed by atoms with Gasteiger partial charge < -0.3 is 9.15 Å². The van der Waals surface area contributed by atoms with Crippen LogP contribution in [0.15, 0.2) is 46.1 Å². The van der Waals surface area contributed by atoms with E-state index in [9.17, 15) is 4.79 Å². The van der Waals surface area contributed by atoms with E-state index in [2.05, 4.69) is 6.58 Å². The molecule has 1 heterocycles. The zero-order valence-electron chi connectivity index (χ0n) is 11.1. The van der Waals surface area contributed by atoms with Crippen LogP contribution in [0, 0.1) is 0 Å². The van der Waals surface area contributed by atoms with Gasteiger partial charge in [-0.15, -0.1) is 6.58 Å². The second kappa shape index (κ2) is 5.57. The molecule has 0 N–H and O–H groups in total. The van der Waals surface area contributed by atoms with Crippen LogP contribution in [0.3, 0.4) is 0 Å². The Morgan fingerprint density at radius 2 is 2.21 bits per heavy atom. The van der Waals surface area contributed by atoms with Crippen molar-refractivity contribution in [1.82, 2.24) is 0 Å². The number of methoxy groups -OCH3 is 1. The van der Waals surface area contributed by atoms with E-state index < -0.39 is 0 Å². The second-order valence-corrected chi connectivity index (χ2v) is 4.14. The van der Waals surface area contributed by atoms with Crippen LogP contribution >= 0.6 is 0 Å². The summed E-state index contributed by atoms with van der Waals surface area (Å²) in [7, 11) is 1.60. The van der Waals surface area contributed by atoms with Crippen molar-refractivity contribution in [2.75, 3.05) is 7.11 Å². The molecule has 0 amide bonds. The molecule has 3 nitrogen and oxygen atoms in total. The average Bonchev–Trinajstić information content (AvgIpc) is 2.40. The second-order valence-electron chi connectivity index (χ2n) is 4.14. The van der Waals surface area contributed by atoms with Crippen LogP contribution in [-0.4, -0.2) is 7.11 Å². The first-order valence-electron chi connectivity index (χ1n) is 6.08. The van der Waals surface area contributed by atoms with E-state index in [1.54, 1.807) is 13.2 Å². The van der Waals surface area contributed by atoms with Crippen LogP contribution in [0.25, 0.3) is 17.0 Å². The topological polar surface area (TPSA) is 39.4 Å². The van der Waals surface area contributed by atoms with Gasteiger partial charge in [0.05, 0.1) is 7.11 Å². The van der Waals surface area contributed by atoms with Crippen LogP contribution in [-0.2, 0) is 6.42 Å². The molecule has 3 heteroatoms. The predicted octanol–water partition coefficient (Wildman–Crippen LogP) is 3.56. The third-order valence-electron chi connectivity index (χ3n) is 2.92. The summed E-state index contributed by atoms with van der Waals surface area (Å²) in [5, 5.41) is 0.898. The van der Waals surface area contributed by atoms with Crippen molar-refractivity contribution in [2.24, 2.45) is 0 Å². The van der Waals surface area contributed by atoms with Crippen molar-refractivity contribution in [3.63, 3.8) is 0 Å². The van der Waals surface area contributed by atoms with Crippen LogP contribution in [0.5, 0.6) is 5.75 Å². The highest BCUT2D eigenvalue weighted by Gasteiger charge is 2.12. The van der Waals surface area contributed by atoms with E-state index in [1.165, 1.54) is 6.07 Å². The number of allylic oxidation sites excluding steroid dienone is 2. The molecule has 19 heavy (non-hydrogen) atoms. The van der Waals surface area contributed by atoms with Crippen molar-refractivity contribution in [3.8, 4) is 5.75 Å². The van der Waals surface area contributed by atoms with Gasteiger partial charge in [0, 0.05) is 17.0 Å². The summed E-state index contributed by atoms with van der Waals surface area (Å²) < 4.78 is 10.7. The summed E-state index contributed by atoms with van der Waals surface area (Å²) in [6, 6.07) is 5.28. The molecule has 0 saturated heterocycles. The molecule has 1 aromatic carbocycles. The lowest BCUT2D eigenvalue weighted by Crippen LogP contribution is -2.01. The van der Waals surface area contributed by atoms with Crippen LogP contribution in [0.1, 0.15) is 18.1 Å². The van der Waals surface area contributed by atoms with Gasteiger partial charge >= 0.3 is 5.63 Å². The molecule has 2 rings (SSSR count). The Morgan fingerprint density at radius 3 is 2.84 bits per heavy atom. The van der Waals surface area contributed by atoms with E-state index in [-0.39, 0.29) is 5.63 Å². The van der Waals surface area contributed by atoms with Crippen molar-refractivity contribution >= 4 is 17.0 Å². The molecule has 0 aliphatic carbocycles. The fourth-order valence-corrected chi connectivity index (χ4v) is 2.13. The zero-order chi connectivity index (χ0) is 13.8. The lowest BCUT2D eigenvalue weighted by atomic mass is 10.0. The summed E-state index contributed by atoms with van der Waals surface area (Å²) >= 11 is 0. The maximum absolute atomic E-state index is 11.7. The van der Waals surface area contributed by atoms with Gasteiger partial charge in [-0.05, 0) is 31.0 Å². The molecule has 0 fully saturated rings. The minimum absolute atomic E-state index is 0.362. The third kappa shape index (κ3) is 2.45. The molecule has 0 aliphatic heterocycles. The molecule has 2 aromatic rings. The first-order valence-corrected chi connectivity index (χ1v) is 6.08. The maximum Gasteiger partial charge on any atom is 0.336 e. The fraction of sp³-hybridized carbons (Fsp3) is 0.188. The number of hydrogen-bond donors (Lipinski definition) is 0. The van der Waals surface area contributed by atoms with Gasteiger partial charge in [-0.3, -0.25) is 0 Å². The van der Waals surface area contributed by atoms with Crippen molar-refractivity contribution in [2.45, 2.75) is 13.3 Å². The van der Waals surface area contributed by atoms with E-state index in [0.717, 1.165) is 16.5 Å². The van der Waals surface area contributed by atoms with Crippen LogP contribution in [0.4, 0.5) is 0 Å². The summed E-state index contributed by atoms with van der Waals surface area (Å²) in [6.45, 7) is 5.64. The smallest absolute Gasteiger partial charge is 0.336 e. The summed E-state index contributed by atoms with van der Waals surface area (Å²) in [5.41, 5.74) is 1.90. The number of hydrogen-bond acceptors (Lipinski definition) is 3. The van der Waals surface area contributed by atoms with Gasteiger partial charge in [-0.25, -0.2) is 4.79 Å². The van der Waals surface area contributed by atoms with E-state index in [4.69, 9.17) is 9.15 Å². The number of fused-ring (bicyclic) bond motifs is 1. The zero-order valence-corrected chi connectivity index (χ0v) is 11.1. The van der Waals surface area contributed by atoms with Crippen molar-refractivity contribution in [1.29, 1.82) is 0 Å². The lowest BCUT2D eigenvalue weighted by molar-refractivity contribution is 0.409. The Kier molecular flexibility index (Phi) is 3.85. The quantitative estimate of drug-likeness (QED) is 0.620. The molecular weight excluding hydrogens is 240 g/mol. The van der Waals surface area contributed by atoms with Crippen LogP contribution in [0.2, 0.25) is 0 Å². The van der Waals surface area contributed by atoms with Gasteiger partial charge in [-0.2, -0.15) is 0 Å². The van der Waals surface area contributed by atoms with Gasteiger partial charge in [0.1, 0.15) is 11.3 Å². The van der Waals surface area contributed by atoms with E-state index in [0.29, 0.717) is 17.8 Å². The molecule has 1 aromatic heterocycles. The maximum atomic E-state index is 11.7. The predicted molar refractivity (Wildman–Crippen MR) is 77.6 cm³/mol. The first kappa shape index (κ1) is 13.1. The Labute approximate surface area is 111 Å². The molecular formula is C16H16O3. The normalized spacial score (nSPS) is 11.1. The molecule has 0 bridgehead atoms. The van der Waals surface area contributed by atoms with Gasteiger partial charge in [0.2, 0.25) is 0 Å². The number of ether oxygens (including phenoxy) is 1. The van der Waals surface area contributed by atoms with Crippen molar-refractivity contribution < 1.29 is 9.15 Å². The molecule has 0 aliphatic rings. The van der Waals surface area contributed by atoms with Gasteiger partial charge in [0.25, 0.3) is 0 Å². The average molecular weight is 256 g/mol. The fourth-order valence-electron chi connectivity index (χ4n) is 2.13. The molecule has 0 atom stereocenters. The number of benzene rings is 1. The Bertz CT molecular complexity index is 693. The Morgan fingerprint density at radius 1 is 1.42 bits per heavy atom. The Hall–Kier alpha value is -2.29. The van der Waals surface area contributed by atoms with Gasteiger partial charge in [0.15, 0.2) is 0 Å². The lowest BCUT2D eigenvalue weighted by Gasteiger charge is -2.10. The van der Waals surface area contributed by atoms with Crippen molar-refractivity contribution in [3.05, 3.63) is 58.5 Å². The van der Waals surface area contributed by atoms with E-state index in [1.807, 2.05) is 31.2 Å². The monoisotopic (exact) mass is 256 g/mol. The summed E-state index contributed by atoms with van der Waals surface area (Å²) in [5.74, 6) is 0.702. The minimum atomic E-state index is -0.362. The highest BCUT2D eigenvalue weighted by Crippen LogP contribution is 2.30. The molecule has 0 spiro atoms. The SMILES string of the molecule is C=CCc1c(OC)ccc2c(/C=C/C)cc(=O)oc12. The number of rotatable bonds is 4. The molecule has 98 valence electrons.